The van der Waals surface area contributed by atoms with E-state index in [4.69, 9.17) is 0 Å². The van der Waals surface area contributed by atoms with Crippen molar-refractivity contribution in [3.8, 4) is 0 Å². The molecule has 2 aliphatic heterocycles. The van der Waals surface area contributed by atoms with Gasteiger partial charge in [-0.25, -0.2) is 0 Å². The molecule has 0 bridgehead atoms. The molecule has 0 unspecified atom stereocenters. The van der Waals surface area contributed by atoms with E-state index in [0.29, 0.717) is 22.4 Å². The molecule has 3 amide bonds. The summed E-state index contributed by atoms with van der Waals surface area (Å²) in [6, 6.07) is 16.9. The molecule has 3 N–H and O–H groups in total. The van der Waals surface area contributed by atoms with Crippen molar-refractivity contribution in [2.75, 3.05) is 48.8 Å². The minimum absolute atomic E-state index is 0.165. The summed E-state index contributed by atoms with van der Waals surface area (Å²) < 4.78 is 0. The van der Waals surface area contributed by atoms with E-state index in [1.165, 1.54) is 17.0 Å². The Balaban J connectivity index is 1.29. The maximum absolute atomic E-state index is 12.6. The molecule has 0 atom stereocenters. The quantitative estimate of drug-likeness (QED) is 0.354. The van der Waals surface area contributed by atoms with Crippen LogP contribution in [0.15, 0.2) is 66.2 Å². The second-order valence-corrected chi connectivity index (χ2v) is 9.92. The van der Waals surface area contributed by atoms with Crippen molar-refractivity contribution in [2.45, 2.75) is 6.42 Å². The average Bonchev–Trinajstić information content (AvgIpc) is 3.38. The van der Waals surface area contributed by atoms with Crippen LogP contribution in [0.2, 0.25) is 0 Å². The lowest BCUT2D eigenvalue weighted by molar-refractivity contribution is -0.116. The molecular formula is C27H27N5O3S. The fraction of sp³-hybridized carbons (Fsp3) is 0.222. The number of nitrogens with one attached hydrogen (secondary N) is 3. The third-order valence-electron chi connectivity index (χ3n) is 6.34. The molecule has 184 valence electrons. The second-order valence-electron chi connectivity index (χ2n) is 8.89. The molecular weight excluding hydrogens is 474 g/mol. The fourth-order valence-corrected chi connectivity index (χ4v) is 5.02. The number of carbonyl (C=O) groups is 3. The van der Waals surface area contributed by atoms with Gasteiger partial charge in [0.25, 0.3) is 11.8 Å². The molecule has 0 spiro atoms. The summed E-state index contributed by atoms with van der Waals surface area (Å²) in [5.41, 5.74) is 3.71. The van der Waals surface area contributed by atoms with E-state index in [1.54, 1.807) is 24.4 Å². The molecule has 8 nitrogen and oxygen atoms in total. The van der Waals surface area contributed by atoms with Crippen LogP contribution in [0.3, 0.4) is 0 Å². The molecule has 9 heteroatoms. The first-order chi connectivity index (χ1) is 17.5. The van der Waals surface area contributed by atoms with Gasteiger partial charge in [0.2, 0.25) is 5.91 Å². The lowest BCUT2D eigenvalue weighted by Gasteiger charge is -2.34. The highest BCUT2D eigenvalue weighted by molar-refractivity contribution is 7.10. The number of nitrogens with zero attached hydrogens (tertiary/aromatic N) is 2. The zero-order chi connectivity index (χ0) is 25.1. The number of imide groups is 1. The first kappa shape index (κ1) is 23.8. The Morgan fingerprint density at radius 1 is 0.972 bits per heavy atom. The Kier molecular flexibility index (Phi) is 6.84. The highest BCUT2D eigenvalue weighted by Crippen LogP contribution is 2.28. The number of benzene rings is 2. The lowest BCUT2D eigenvalue weighted by Crippen LogP contribution is -2.44. The molecule has 1 aromatic heterocycles. The van der Waals surface area contributed by atoms with Gasteiger partial charge in [-0.15, -0.1) is 11.3 Å². The number of amides is 3. The Morgan fingerprint density at radius 3 is 2.44 bits per heavy atom. The SMILES string of the molecule is CN1CCN(c2ccc(N/C=C3\C(=O)NC(=O)c4cc(NC(=O)Cc5cccs5)ccc43)cc2)CC1. The van der Waals surface area contributed by atoms with Crippen molar-refractivity contribution in [3.05, 3.63) is 82.2 Å². The summed E-state index contributed by atoms with van der Waals surface area (Å²) in [5.74, 6) is -1.12. The van der Waals surface area contributed by atoms with Crippen molar-refractivity contribution < 1.29 is 14.4 Å². The van der Waals surface area contributed by atoms with E-state index >= 15 is 0 Å². The van der Waals surface area contributed by atoms with Gasteiger partial charge in [-0.3, -0.25) is 19.7 Å². The van der Waals surface area contributed by atoms with E-state index in [9.17, 15) is 14.4 Å². The Labute approximate surface area is 213 Å². The van der Waals surface area contributed by atoms with Crippen molar-refractivity contribution in [1.29, 1.82) is 0 Å². The fourth-order valence-electron chi connectivity index (χ4n) is 4.31. The van der Waals surface area contributed by atoms with Crippen LogP contribution in [0.25, 0.3) is 5.57 Å². The van der Waals surface area contributed by atoms with Crippen LogP contribution in [0.1, 0.15) is 20.8 Å². The van der Waals surface area contributed by atoms with E-state index < -0.39 is 11.8 Å². The number of hydrogen-bond donors (Lipinski definition) is 3. The number of carbonyl (C=O) groups excluding carboxylic acids is 3. The van der Waals surface area contributed by atoms with Crippen molar-refractivity contribution >= 4 is 51.7 Å². The molecule has 3 aromatic rings. The van der Waals surface area contributed by atoms with Crippen LogP contribution in [0.4, 0.5) is 17.1 Å². The van der Waals surface area contributed by atoms with Gasteiger partial charge in [0.1, 0.15) is 0 Å². The molecule has 0 saturated carbocycles. The third kappa shape index (κ3) is 5.32. The van der Waals surface area contributed by atoms with Crippen LogP contribution < -0.4 is 20.9 Å². The molecule has 0 radical (unpaired) electrons. The highest BCUT2D eigenvalue weighted by Gasteiger charge is 2.27. The smallest absolute Gasteiger partial charge is 0.260 e. The zero-order valence-electron chi connectivity index (χ0n) is 19.9. The van der Waals surface area contributed by atoms with Crippen LogP contribution >= 0.6 is 11.3 Å². The lowest BCUT2D eigenvalue weighted by atomic mass is 9.95. The van der Waals surface area contributed by atoms with Crippen LogP contribution in [0, 0.1) is 0 Å². The van der Waals surface area contributed by atoms with E-state index in [2.05, 4.69) is 44.9 Å². The Hall–Kier alpha value is -3.95. The predicted molar refractivity (Wildman–Crippen MR) is 143 cm³/mol. The van der Waals surface area contributed by atoms with Gasteiger partial charge in [0, 0.05) is 65.4 Å². The zero-order valence-corrected chi connectivity index (χ0v) is 20.7. The first-order valence-electron chi connectivity index (χ1n) is 11.8. The third-order valence-corrected chi connectivity index (χ3v) is 7.22. The molecule has 2 aromatic carbocycles. The van der Waals surface area contributed by atoms with Crippen LogP contribution in [-0.4, -0.2) is 55.8 Å². The highest BCUT2D eigenvalue weighted by atomic mass is 32.1. The number of likely N-dealkylation sites (N-methyl/N-ethyl adjacent to an activating group) is 1. The van der Waals surface area contributed by atoms with Gasteiger partial charge in [-0.2, -0.15) is 0 Å². The number of fused-ring (bicyclic) bond motifs is 1. The molecule has 1 saturated heterocycles. The molecule has 0 aliphatic carbocycles. The topological polar surface area (TPSA) is 93.8 Å². The van der Waals surface area contributed by atoms with Gasteiger partial charge >= 0.3 is 0 Å². The number of rotatable bonds is 6. The van der Waals surface area contributed by atoms with Crippen molar-refractivity contribution in [2.24, 2.45) is 0 Å². The standard InChI is InChI=1S/C27H27N5O3S/c1-31-10-12-32(13-11-31)20-7-4-18(5-8-20)28-17-24-22-9-6-19(15-23(22)26(34)30-27(24)35)29-25(33)16-21-3-2-14-36-21/h2-9,14-15,17,28H,10-13,16H2,1H3,(H,29,33)(H,30,34,35)/b24-17-. The van der Waals surface area contributed by atoms with Gasteiger partial charge in [0.15, 0.2) is 0 Å². The van der Waals surface area contributed by atoms with Crippen LogP contribution in [0.5, 0.6) is 0 Å². The van der Waals surface area contributed by atoms with E-state index in [-0.39, 0.29) is 12.3 Å². The Bertz CT molecular complexity index is 1310. The summed E-state index contributed by atoms with van der Waals surface area (Å²) in [4.78, 5) is 43.1. The number of thiophene rings is 1. The largest absolute Gasteiger partial charge is 0.369 e. The summed E-state index contributed by atoms with van der Waals surface area (Å²) in [6.45, 7) is 4.07. The maximum atomic E-state index is 12.6. The molecule has 1 fully saturated rings. The number of anilines is 3. The summed E-state index contributed by atoms with van der Waals surface area (Å²) in [6.07, 6.45) is 1.88. The van der Waals surface area contributed by atoms with Crippen molar-refractivity contribution in [1.82, 2.24) is 10.2 Å². The van der Waals surface area contributed by atoms with Crippen molar-refractivity contribution in [3.63, 3.8) is 0 Å². The summed E-state index contributed by atoms with van der Waals surface area (Å²) in [7, 11) is 2.13. The Morgan fingerprint density at radius 2 is 1.72 bits per heavy atom. The monoisotopic (exact) mass is 501 g/mol. The first-order valence-corrected chi connectivity index (χ1v) is 12.7. The van der Waals surface area contributed by atoms with Gasteiger partial charge in [-0.1, -0.05) is 12.1 Å². The minimum Gasteiger partial charge on any atom is -0.369 e. The molecule has 2 aliphatic rings. The van der Waals surface area contributed by atoms with Gasteiger partial charge in [0.05, 0.1) is 12.0 Å². The molecule has 5 rings (SSSR count). The van der Waals surface area contributed by atoms with Crippen LogP contribution in [-0.2, 0) is 16.0 Å². The minimum atomic E-state index is -0.488. The molecule has 36 heavy (non-hydrogen) atoms. The summed E-state index contributed by atoms with van der Waals surface area (Å²) >= 11 is 1.52. The summed E-state index contributed by atoms with van der Waals surface area (Å²) in [5, 5.41) is 10.3. The normalized spacial score (nSPS) is 17.0. The van der Waals surface area contributed by atoms with Gasteiger partial charge < -0.3 is 20.4 Å². The maximum Gasteiger partial charge on any atom is 0.260 e. The second kappa shape index (κ2) is 10.3. The number of hydrogen-bond acceptors (Lipinski definition) is 7. The number of piperazine rings is 1. The average molecular weight is 502 g/mol. The van der Waals surface area contributed by atoms with E-state index in [0.717, 1.165) is 36.7 Å². The predicted octanol–water partition coefficient (Wildman–Crippen LogP) is 3.40. The van der Waals surface area contributed by atoms with Gasteiger partial charge in [-0.05, 0) is 54.9 Å². The molecule has 3 heterocycles. The van der Waals surface area contributed by atoms with E-state index in [1.807, 2.05) is 29.6 Å².